The predicted octanol–water partition coefficient (Wildman–Crippen LogP) is 1.99. The third-order valence-electron chi connectivity index (χ3n) is 3.67. The van der Waals surface area contributed by atoms with Crippen LogP contribution < -0.4 is 0 Å². The lowest BCUT2D eigenvalue weighted by molar-refractivity contribution is 0.0735. The van der Waals surface area contributed by atoms with Gasteiger partial charge < -0.3 is 9.84 Å². The van der Waals surface area contributed by atoms with Crippen LogP contribution in [-0.4, -0.2) is 24.9 Å². The maximum absolute atomic E-state index is 10.0. The summed E-state index contributed by atoms with van der Waals surface area (Å²) in [6.07, 6.45) is 8.89. The molecule has 0 aromatic heterocycles. The number of ether oxygens (including phenoxy) is 1. The Labute approximate surface area is 86.0 Å². The first-order chi connectivity index (χ1) is 6.81. The van der Waals surface area contributed by atoms with Crippen LogP contribution >= 0.6 is 0 Å². The highest BCUT2D eigenvalue weighted by molar-refractivity contribution is 5.11. The van der Waals surface area contributed by atoms with E-state index < -0.39 is 0 Å². The number of aliphatic hydroxyl groups excluding tert-OH is 1. The Morgan fingerprint density at radius 3 is 2.86 bits per heavy atom. The predicted molar refractivity (Wildman–Crippen MR) is 56.0 cm³/mol. The molecule has 0 amide bonds. The van der Waals surface area contributed by atoms with Gasteiger partial charge in [0.25, 0.3) is 0 Å². The van der Waals surface area contributed by atoms with Gasteiger partial charge in [-0.05, 0) is 43.4 Å². The van der Waals surface area contributed by atoms with E-state index in [1.807, 2.05) is 0 Å². The van der Waals surface area contributed by atoms with Crippen LogP contribution in [0.3, 0.4) is 0 Å². The SMILES string of the molecule is COCCCC(O)C1CC2C=CC1C2. The van der Waals surface area contributed by atoms with Crippen LogP contribution in [0, 0.1) is 17.8 Å². The second kappa shape index (κ2) is 4.45. The molecule has 0 heterocycles. The van der Waals surface area contributed by atoms with Crippen molar-refractivity contribution in [2.75, 3.05) is 13.7 Å². The summed E-state index contributed by atoms with van der Waals surface area (Å²) in [6, 6.07) is 0. The quantitative estimate of drug-likeness (QED) is 0.538. The summed E-state index contributed by atoms with van der Waals surface area (Å²) in [4.78, 5) is 0. The lowest BCUT2D eigenvalue weighted by atomic mass is 9.86. The van der Waals surface area contributed by atoms with Crippen molar-refractivity contribution in [2.45, 2.75) is 31.8 Å². The normalized spacial score (nSPS) is 36.6. The first-order valence-corrected chi connectivity index (χ1v) is 5.66. The van der Waals surface area contributed by atoms with E-state index in [0.29, 0.717) is 11.8 Å². The van der Waals surface area contributed by atoms with E-state index in [0.717, 1.165) is 25.4 Å². The summed E-state index contributed by atoms with van der Waals surface area (Å²) in [7, 11) is 1.71. The molecule has 2 aliphatic rings. The van der Waals surface area contributed by atoms with Crippen molar-refractivity contribution in [3.63, 3.8) is 0 Å². The number of hydrogen-bond donors (Lipinski definition) is 1. The molecule has 1 fully saturated rings. The zero-order valence-electron chi connectivity index (χ0n) is 8.86. The van der Waals surface area contributed by atoms with E-state index in [9.17, 15) is 5.11 Å². The number of fused-ring (bicyclic) bond motifs is 2. The van der Waals surface area contributed by atoms with E-state index in [1.54, 1.807) is 7.11 Å². The van der Waals surface area contributed by atoms with Gasteiger partial charge in [0.15, 0.2) is 0 Å². The van der Waals surface area contributed by atoms with Crippen molar-refractivity contribution in [2.24, 2.45) is 17.8 Å². The molecule has 14 heavy (non-hydrogen) atoms. The Hall–Kier alpha value is -0.340. The number of methoxy groups -OCH3 is 1. The number of aliphatic hydroxyl groups is 1. The van der Waals surface area contributed by atoms with Crippen molar-refractivity contribution in [3.8, 4) is 0 Å². The third-order valence-corrected chi connectivity index (χ3v) is 3.67. The molecule has 1 N–H and O–H groups in total. The van der Waals surface area contributed by atoms with Gasteiger partial charge in [0.2, 0.25) is 0 Å². The highest BCUT2D eigenvalue weighted by Gasteiger charge is 2.38. The summed E-state index contributed by atoms with van der Waals surface area (Å²) in [5.41, 5.74) is 0. The molecule has 2 heteroatoms. The Balaban J connectivity index is 1.75. The first kappa shape index (κ1) is 10.2. The molecule has 0 spiro atoms. The van der Waals surface area contributed by atoms with Gasteiger partial charge in [-0.1, -0.05) is 12.2 Å². The molecule has 2 bridgehead atoms. The van der Waals surface area contributed by atoms with E-state index in [4.69, 9.17) is 4.74 Å². The van der Waals surface area contributed by atoms with Crippen molar-refractivity contribution < 1.29 is 9.84 Å². The van der Waals surface area contributed by atoms with Gasteiger partial charge in [-0.25, -0.2) is 0 Å². The van der Waals surface area contributed by atoms with E-state index in [2.05, 4.69) is 12.2 Å². The van der Waals surface area contributed by atoms with Crippen molar-refractivity contribution in [1.29, 1.82) is 0 Å². The minimum Gasteiger partial charge on any atom is -0.393 e. The van der Waals surface area contributed by atoms with E-state index in [-0.39, 0.29) is 6.10 Å². The number of allylic oxidation sites excluding steroid dienone is 2. The second-order valence-corrected chi connectivity index (χ2v) is 4.65. The Kier molecular flexibility index (Phi) is 3.24. The highest BCUT2D eigenvalue weighted by Crippen LogP contribution is 2.45. The van der Waals surface area contributed by atoms with Gasteiger partial charge in [-0.3, -0.25) is 0 Å². The van der Waals surface area contributed by atoms with Crippen LogP contribution in [0.5, 0.6) is 0 Å². The van der Waals surface area contributed by atoms with E-state index in [1.165, 1.54) is 12.8 Å². The Bertz CT molecular complexity index is 212. The molecule has 80 valence electrons. The molecule has 2 nitrogen and oxygen atoms in total. The molecule has 0 aromatic rings. The zero-order valence-corrected chi connectivity index (χ0v) is 8.86. The topological polar surface area (TPSA) is 29.5 Å². The summed E-state index contributed by atoms with van der Waals surface area (Å²) in [6.45, 7) is 0.772. The molecule has 4 unspecified atom stereocenters. The minimum absolute atomic E-state index is 0.106. The lowest BCUT2D eigenvalue weighted by Crippen LogP contribution is -2.24. The average Bonchev–Trinajstić information content (AvgIpc) is 2.79. The van der Waals surface area contributed by atoms with Crippen molar-refractivity contribution >= 4 is 0 Å². The van der Waals surface area contributed by atoms with Gasteiger partial charge in [-0.15, -0.1) is 0 Å². The van der Waals surface area contributed by atoms with Crippen LogP contribution in [-0.2, 0) is 4.74 Å². The summed E-state index contributed by atoms with van der Waals surface area (Å²) >= 11 is 0. The first-order valence-electron chi connectivity index (χ1n) is 5.66. The molecule has 0 radical (unpaired) electrons. The van der Waals surface area contributed by atoms with Gasteiger partial charge in [0.05, 0.1) is 6.10 Å². The standard InChI is InChI=1S/C12H20O2/c1-14-6-2-3-12(13)11-8-9-4-5-10(11)7-9/h4-5,9-13H,2-3,6-8H2,1H3. The maximum Gasteiger partial charge on any atom is 0.0575 e. The number of hydrogen-bond acceptors (Lipinski definition) is 2. The smallest absolute Gasteiger partial charge is 0.0575 e. The monoisotopic (exact) mass is 196 g/mol. The minimum atomic E-state index is -0.106. The molecular formula is C12H20O2. The van der Waals surface area contributed by atoms with Crippen LogP contribution in [0.2, 0.25) is 0 Å². The van der Waals surface area contributed by atoms with Gasteiger partial charge in [-0.2, -0.15) is 0 Å². The summed E-state index contributed by atoms with van der Waals surface area (Å²) in [5, 5.41) is 10.0. The highest BCUT2D eigenvalue weighted by atomic mass is 16.5. The molecule has 2 aliphatic carbocycles. The fourth-order valence-electron chi connectivity index (χ4n) is 2.92. The third kappa shape index (κ3) is 2.01. The lowest BCUT2D eigenvalue weighted by Gasteiger charge is -2.23. The van der Waals surface area contributed by atoms with Crippen molar-refractivity contribution in [1.82, 2.24) is 0 Å². The van der Waals surface area contributed by atoms with Crippen LogP contribution in [0.15, 0.2) is 12.2 Å². The fraction of sp³-hybridized carbons (Fsp3) is 0.833. The molecule has 0 aromatic carbocycles. The molecule has 4 atom stereocenters. The molecule has 0 saturated heterocycles. The molecule has 0 aliphatic heterocycles. The average molecular weight is 196 g/mol. The van der Waals surface area contributed by atoms with Crippen LogP contribution in [0.1, 0.15) is 25.7 Å². The largest absolute Gasteiger partial charge is 0.393 e. The zero-order chi connectivity index (χ0) is 9.97. The Morgan fingerprint density at radius 2 is 2.29 bits per heavy atom. The van der Waals surface area contributed by atoms with Crippen molar-refractivity contribution in [3.05, 3.63) is 12.2 Å². The fourth-order valence-corrected chi connectivity index (χ4v) is 2.92. The molecule has 2 rings (SSSR count). The van der Waals surface area contributed by atoms with Gasteiger partial charge in [0.1, 0.15) is 0 Å². The summed E-state index contributed by atoms with van der Waals surface area (Å²) < 4.78 is 4.99. The molecular weight excluding hydrogens is 176 g/mol. The number of rotatable bonds is 5. The Morgan fingerprint density at radius 1 is 1.43 bits per heavy atom. The maximum atomic E-state index is 10.0. The molecule has 1 saturated carbocycles. The van der Waals surface area contributed by atoms with E-state index >= 15 is 0 Å². The second-order valence-electron chi connectivity index (χ2n) is 4.65. The summed E-state index contributed by atoms with van der Waals surface area (Å²) in [5.74, 6) is 1.96. The van der Waals surface area contributed by atoms with Gasteiger partial charge in [0, 0.05) is 13.7 Å². The van der Waals surface area contributed by atoms with Gasteiger partial charge >= 0.3 is 0 Å². The van der Waals surface area contributed by atoms with Crippen LogP contribution in [0.4, 0.5) is 0 Å². The van der Waals surface area contributed by atoms with Crippen LogP contribution in [0.25, 0.3) is 0 Å².